The summed E-state index contributed by atoms with van der Waals surface area (Å²) < 4.78 is 4.95. The van der Waals surface area contributed by atoms with Gasteiger partial charge in [0.25, 0.3) is 0 Å². The predicted molar refractivity (Wildman–Crippen MR) is 55.7 cm³/mol. The van der Waals surface area contributed by atoms with Gasteiger partial charge in [-0.15, -0.1) is 0 Å². The molecule has 1 saturated heterocycles. The highest BCUT2D eigenvalue weighted by molar-refractivity contribution is 5.95. The van der Waals surface area contributed by atoms with E-state index in [0.717, 1.165) is 12.8 Å². The van der Waals surface area contributed by atoms with E-state index in [0.29, 0.717) is 6.42 Å². The number of ether oxygens (including phenoxy) is 1. The van der Waals surface area contributed by atoms with E-state index in [-0.39, 0.29) is 5.57 Å². The first-order valence-corrected chi connectivity index (χ1v) is 5.29. The molecule has 0 radical (unpaired) electrons. The molecule has 0 bridgehead atoms. The third-order valence-electron chi connectivity index (χ3n) is 2.74. The van der Waals surface area contributed by atoms with Crippen molar-refractivity contribution in [1.29, 1.82) is 0 Å². The van der Waals surface area contributed by atoms with Crippen LogP contribution in [0.1, 0.15) is 26.2 Å². The van der Waals surface area contributed by atoms with Crippen LogP contribution in [0.5, 0.6) is 0 Å². The van der Waals surface area contributed by atoms with Gasteiger partial charge < -0.3 is 14.9 Å². The minimum absolute atomic E-state index is 0.309. The summed E-state index contributed by atoms with van der Waals surface area (Å²) in [7, 11) is 0. The maximum atomic E-state index is 11.4. The minimum atomic E-state index is -1.28. The molecule has 2 N–H and O–H groups in total. The van der Waals surface area contributed by atoms with E-state index in [4.69, 9.17) is 9.84 Å². The molecule has 1 rings (SSSR count). The molecule has 0 amide bonds. The molecule has 90 valence electrons. The summed E-state index contributed by atoms with van der Waals surface area (Å²) in [6.07, 6.45) is 0.593. The number of aliphatic hydroxyl groups is 1. The van der Waals surface area contributed by atoms with Crippen molar-refractivity contribution >= 4 is 11.9 Å². The zero-order chi connectivity index (χ0) is 12.3. The van der Waals surface area contributed by atoms with Gasteiger partial charge in [0.05, 0.1) is 0 Å². The molecule has 5 nitrogen and oxygen atoms in total. The number of carbonyl (C=O) groups excluding carboxylic acids is 1. The highest BCUT2D eigenvalue weighted by Crippen LogP contribution is 2.30. The number of carboxylic acid groups (broad SMARTS) is 1. The molecule has 1 heterocycles. The van der Waals surface area contributed by atoms with Gasteiger partial charge in [0.15, 0.2) is 0 Å². The summed E-state index contributed by atoms with van der Waals surface area (Å²) in [4.78, 5) is 22.1. The number of carbonyl (C=O) groups is 2. The second kappa shape index (κ2) is 5.12. The molecule has 0 aromatic heterocycles. The van der Waals surface area contributed by atoms with Crippen LogP contribution in [0.4, 0.5) is 0 Å². The van der Waals surface area contributed by atoms with Crippen LogP contribution in [-0.4, -0.2) is 34.4 Å². The van der Waals surface area contributed by atoms with Crippen LogP contribution in [0.15, 0.2) is 12.2 Å². The molecule has 0 saturated carbocycles. The van der Waals surface area contributed by atoms with Crippen molar-refractivity contribution in [2.45, 2.75) is 38.4 Å². The van der Waals surface area contributed by atoms with E-state index in [1.54, 1.807) is 0 Å². The number of carboxylic acids is 1. The van der Waals surface area contributed by atoms with Crippen molar-refractivity contribution in [1.82, 2.24) is 0 Å². The molecule has 0 spiro atoms. The number of hydrogen-bond donors (Lipinski definition) is 2. The standard InChI is InChI=1S/C11H16O5/c1-3-4-5-7-9(12)8(11(15)16-7)6(2)10(13)14/h7-9,12H,2-5H2,1H3,(H,13,14)/t7-,8+,9+/m0/s1. The van der Waals surface area contributed by atoms with Gasteiger partial charge in [0.2, 0.25) is 0 Å². The van der Waals surface area contributed by atoms with Gasteiger partial charge in [-0.1, -0.05) is 19.9 Å². The van der Waals surface area contributed by atoms with Crippen LogP contribution in [-0.2, 0) is 14.3 Å². The average molecular weight is 228 g/mol. The lowest BCUT2D eigenvalue weighted by Gasteiger charge is -2.14. The zero-order valence-electron chi connectivity index (χ0n) is 9.18. The third kappa shape index (κ3) is 2.41. The van der Waals surface area contributed by atoms with Crippen LogP contribution < -0.4 is 0 Å². The summed E-state index contributed by atoms with van der Waals surface area (Å²) in [6, 6.07) is 0. The molecule has 0 aliphatic carbocycles. The Kier molecular flexibility index (Phi) is 4.06. The second-order valence-electron chi connectivity index (χ2n) is 3.92. The van der Waals surface area contributed by atoms with Gasteiger partial charge in [0, 0.05) is 5.57 Å². The van der Waals surface area contributed by atoms with E-state index in [2.05, 4.69) is 6.58 Å². The largest absolute Gasteiger partial charge is 0.478 e. The van der Waals surface area contributed by atoms with Gasteiger partial charge in [-0.05, 0) is 12.8 Å². The Morgan fingerprint density at radius 2 is 2.19 bits per heavy atom. The van der Waals surface area contributed by atoms with E-state index in [1.807, 2.05) is 6.92 Å². The summed E-state index contributed by atoms with van der Waals surface area (Å²) in [5, 5.41) is 18.5. The Morgan fingerprint density at radius 3 is 2.69 bits per heavy atom. The summed E-state index contributed by atoms with van der Waals surface area (Å²) >= 11 is 0. The molecule has 1 aliphatic heterocycles. The Labute approximate surface area is 93.7 Å². The van der Waals surface area contributed by atoms with E-state index in [9.17, 15) is 14.7 Å². The highest BCUT2D eigenvalue weighted by Gasteiger charge is 2.46. The van der Waals surface area contributed by atoms with Gasteiger partial charge in [-0.3, -0.25) is 4.79 Å². The topological polar surface area (TPSA) is 83.8 Å². The monoisotopic (exact) mass is 228 g/mol. The lowest BCUT2D eigenvalue weighted by molar-refractivity contribution is -0.145. The fourth-order valence-corrected chi connectivity index (χ4v) is 1.76. The normalized spacial score (nSPS) is 28.9. The number of hydrogen-bond acceptors (Lipinski definition) is 4. The van der Waals surface area contributed by atoms with Crippen LogP contribution in [0.3, 0.4) is 0 Å². The predicted octanol–water partition coefficient (Wildman–Crippen LogP) is 0.720. The van der Waals surface area contributed by atoms with Crippen molar-refractivity contribution in [2.24, 2.45) is 5.92 Å². The van der Waals surface area contributed by atoms with E-state index >= 15 is 0 Å². The molecule has 5 heteroatoms. The van der Waals surface area contributed by atoms with Gasteiger partial charge in [-0.25, -0.2) is 4.79 Å². The smallest absolute Gasteiger partial charge is 0.331 e. The molecule has 0 aromatic carbocycles. The molecule has 1 fully saturated rings. The molecule has 3 atom stereocenters. The lowest BCUT2D eigenvalue weighted by Crippen LogP contribution is -2.30. The number of aliphatic carboxylic acids is 1. The Hall–Kier alpha value is -1.36. The van der Waals surface area contributed by atoms with Crippen LogP contribution in [0, 0.1) is 5.92 Å². The Morgan fingerprint density at radius 1 is 1.56 bits per heavy atom. The summed E-state index contributed by atoms with van der Waals surface area (Å²) in [5.41, 5.74) is -0.309. The Bertz CT molecular complexity index is 309. The van der Waals surface area contributed by atoms with Gasteiger partial charge in [0.1, 0.15) is 18.1 Å². The quantitative estimate of drug-likeness (QED) is 0.535. The number of cyclic esters (lactones) is 1. The van der Waals surface area contributed by atoms with Crippen molar-refractivity contribution < 1.29 is 24.5 Å². The lowest BCUT2D eigenvalue weighted by atomic mass is 9.92. The van der Waals surface area contributed by atoms with Crippen molar-refractivity contribution in [3.63, 3.8) is 0 Å². The first-order chi connectivity index (χ1) is 7.49. The summed E-state index contributed by atoms with van der Waals surface area (Å²) in [5.74, 6) is -3.10. The molecular formula is C11H16O5. The number of unbranched alkanes of at least 4 members (excludes halogenated alkanes) is 1. The van der Waals surface area contributed by atoms with E-state index < -0.39 is 30.1 Å². The maximum Gasteiger partial charge on any atom is 0.331 e. The number of rotatable bonds is 5. The minimum Gasteiger partial charge on any atom is -0.478 e. The highest BCUT2D eigenvalue weighted by atomic mass is 16.6. The second-order valence-corrected chi connectivity index (χ2v) is 3.92. The molecule has 0 unspecified atom stereocenters. The van der Waals surface area contributed by atoms with Crippen molar-refractivity contribution in [3.8, 4) is 0 Å². The van der Waals surface area contributed by atoms with Gasteiger partial charge >= 0.3 is 11.9 Å². The third-order valence-corrected chi connectivity index (χ3v) is 2.74. The van der Waals surface area contributed by atoms with Crippen molar-refractivity contribution in [3.05, 3.63) is 12.2 Å². The molecule has 1 aliphatic rings. The van der Waals surface area contributed by atoms with Crippen LogP contribution >= 0.6 is 0 Å². The SMILES string of the molecule is C=C(C(=O)O)[C@H]1C(=O)O[C@@H](CCCC)[C@H]1O. The average Bonchev–Trinajstić information content (AvgIpc) is 2.50. The van der Waals surface area contributed by atoms with Crippen molar-refractivity contribution in [2.75, 3.05) is 0 Å². The maximum absolute atomic E-state index is 11.4. The fourth-order valence-electron chi connectivity index (χ4n) is 1.76. The fraction of sp³-hybridized carbons (Fsp3) is 0.636. The van der Waals surface area contributed by atoms with Crippen LogP contribution in [0.25, 0.3) is 0 Å². The van der Waals surface area contributed by atoms with Gasteiger partial charge in [-0.2, -0.15) is 0 Å². The summed E-state index contributed by atoms with van der Waals surface area (Å²) in [6.45, 7) is 5.27. The Balaban J connectivity index is 2.71. The number of aliphatic hydroxyl groups excluding tert-OH is 1. The number of esters is 1. The van der Waals surface area contributed by atoms with Crippen LogP contribution in [0.2, 0.25) is 0 Å². The first-order valence-electron chi connectivity index (χ1n) is 5.29. The molecule has 16 heavy (non-hydrogen) atoms. The molecule has 0 aromatic rings. The first kappa shape index (κ1) is 12.7. The van der Waals surface area contributed by atoms with E-state index in [1.165, 1.54) is 0 Å². The zero-order valence-corrected chi connectivity index (χ0v) is 9.18. The molecular weight excluding hydrogens is 212 g/mol.